The predicted molar refractivity (Wildman–Crippen MR) is 75.2 cm³/mol. The number of nitrogen functional groups attached to an aromatic ring is 1. The van der Waals surface area contributed by atoms with E-state index in [-0.39, 0.29) is 12.1 Å². The van der Waals surface area contributed by atoms with Crippen LogP contribution >= 0.6 is 0 Å². The lowest BCUT2D eigenvalue weighted by molar-refractivity contribution is 0.109. The standard InChI is InChI=1S/C14H19N5O/c15-13-12-14(17-11(7-16-12)8-1-2-8)19(18-13)9-3-5-10(20)6-4-9/h7-10,20H,1-6H2,(H2,15,18)/t9-,10-. The van der Waals surface area contributed by atoms with Crippen LogP contribution in [0.4, 0.5) is 5.82 Å². The molecule has 0 saturated heterocycles. The van der Waals surface area contributed by atoms with Crippen molar-refractivity contribution in [1.29, 1.82) is 0 Å². The van der Waals surface area contributed by atoms with Crippen LogP contribution in [-0.4, -0.2) is 31.0 Å². The fourth-order valence-corrected chi connectivity index (χ4v) is 3.08. The molecule has 3 N–H and O–H groups in total. The van der Waals surface area contributed by atoms with Crippen molar-refractivity contribution in [3.8, 4) is 0 Å². The molecule has 2 aromatic heterocycles. The van der Waals surface area contributed by atoms with Crippen molar-refractivity contribution in [1.82, 2.24) is 19.7 Å². The van der Waals surface area contributed by atoms with Gasteiger partial charge in [-0.2, -0.15) is 5.10 Å². The fourth-order valence-electron chi connectivity index (χ4n) is 3.08. The van der Waals surface area contributed by atoms with E-state index < -0.39 is 0 Å². The second kappa shape index (κ2) is 4.41. The summed E-state index contributed by atoms with van der Waals surface area (Å²) in [6.45, 7) is 0. The molecule has 4 rings (SSSR count). The number of hydrogen-bond acceptors (Lipinski definition) is 5. The lowest BCUT2D eigenvalue weighted by atomic mass is 9.93. The number of nitrogens with zero attached hydrogens (tertiary/aromatic N) is 4. The zero-order valence-electron chi connectivity index (χ0n) is 11.4. The molecule has 2 saturated carbocycles. The molecule has 0 radical (unpaired) electrons. The van der Waals surface area contributed by atoms with Crippen molar-refractivity contribution in [3.05, 3.63) is 11.9 Å². The van der Waals surface area contributed by atoms with Crippen LogP contribution in [-0.2, 0) is 0 Å². The summed E-state index contributed by atoms with van der Waals surface area (Å²) in [4.78, 5) is 9.20. The lowest BCUT2D eigenvalue weighted by Gasteiger charge is -2.25. The van der Waals surface area contributed by atoms with Crippen molar-refractivity contribution in [2.24, 2.45) is 0 Å². The van der Waals surface area contributed by atoms with Gasteiger partial charge in [0.2, 0.25) is 0 Å². The topological polar surface area (TPSA) is 89.8 Å². The van der Waals surface area contributed by atoms with Gasteiger partial charge >= 0.3 is 0 Å². The maximum atomic E-state index is 9.64. The Morgan fingerprint density at radius 2 is 1.90 bits per heavy atom. The minimum atomic E-state index is -0.168. The monoisotopic (exact) mass is 273 g/mol. The molecule has 20 heavy (non-hydrogen) atoms. The fraction of sp³-hybridized carbons (Fsp3) is 0.643. The normalized spacial score (nSPS) is 27.1. The molecule has 6 nitrogen and oxygen atoms in total. The quantitative estimate of drug-likeness (QED) is 0.870. The predicted octanol–water partition coefficient (Wildman–Crippen LogP) is 1.76. The second-order valence-electron chi connectivity index (χ2n) is 6.03. The van der Waals surface area contributed by atoms with Gasteiger partial charge in [-0.3, -0.25) is 0 Å². The van der Waals surface area contributed by atoms with Gasteiger partial charge in [0.25, 0.3) is 0 Å². The lowest BCUT2D eigenvalue weighted by Crippen LogP contribution is -2.22. The van der Waals surface area contributed by atoms with Crippen LogP contribution in [0.25, 0.3) is 11.2 Å². The van der Waals surface area contributed by atoms with Crippen LogP contribution in [0.3, 0.4) is 0 Å². The number of aliphatic hydroxyl groups is 1. The number of rotatable bonds is 2. The van der Waals surface area contributed by atoms with Crippen molar-refractivity contribution in [3.63, 3.8) is 0 Å². The first kappa shape index (κ1) is 12.1. The van der Waals surface area contributed by atoms with E-state index in [1.807, 2.05) is 10.9 Å². The minimum absolute atomic E-state index is 0.168. The molecule has 2 fully saturated rings. The molecule has 2 aromatic rings. The zero-order valence-corrected chi connectivity index (χ0v) is 11.4. The van der Waals surface area contributed by atoms with Crippen molar-refractivity contribution < 1.29 is 5.11 Å². The van der Waals surface area contributed by atoms with Crippen molar-refractivity contribution >= 4 is 17.0 Å². The molecule has 106 valence electrons. The van der Waals surface area contributed by atoms with Crippen LogP contribution in [0.2, 0.25) is 0 Å². The number of hydrogen-bond donors (Lipinski definition) is 2. The maximum Gasteiger partial charge on any atom is 0.179 e. The summed E-state index contributed by atoms with van der Waals surface area (Å²) in [5.74, 6) is 1.03. The van der Waals surface area contributed by atoms with E-state index in [2.05, 4.69) is 10.1 Å². The number of fused-ring (bicyclic) bond motifs is 1. The van der Waals surface area contributed by atoms with Gasteiger partial charge in [-0.05, 0) is 38.5 Å². The highest BCUT2D eigenvalue weighted by Gasteiger charge is 2.28. The summed E-state index contributed by atoms with van der Waals surface area (Å²) in [6.07, 6.45) is 7.58. The van der Waals surface area contributed by atoms with E-state index >= 15 is 0 Å². The SMILES string of the molecule is Nc1nn([C@H]2CC[C@H](O)CC2)c2nc(C3CC3)cnc12. The van der Waals surface area contributed by atoms with Crippen LogP contribution in [0.5, 0.6) is 0 Å². The molecular formula is C14H19N5O. The second-order valence-corrected chi connectivity index (χ2v) is 6.03. The van der Waals surface area contributed by atoms with Crippen LogP contribution < -0.4 is 5.73 Å². The molecule has 0 aromatic carbocycles. The van der Waals surface area contributed by atoms with Gasteiger partial charge < -0.3 is 10.8 Å². The molecule has 2 aliphatic carbocycles. The number of aliphatic hydroxyl groups excluding tert-OH is 1. The molecule has 0 spiro atoms. The largest absolute Gasteiger partial charge is 0.393 e. The summed E-state index contributed by atoms with van der Waals surface area (Å²) in [6, 6.07) is 0.280. The first-order chi connectivity index (χ1) is 9.72. The van der Waals surface area contributed by atoms with Gasteiger partial charge in [-0.25, -0.2) is 14.6 Å². The molecule has 2 aliphatic rings. The highest BCUT2D eigenvalue weighted by molar-refractivity contribution is 5.82. The Bertz CT molecular complexity index is 640. The van der Waals surface area contributed by atoms with E-state index in [0.29, 0.717) is 17.3 Å². The maximum absolute atomic E-state index is 9.64. The summed E-state index contributed by atoms with van der Waals surface area (Å²) in [5.41, 5.74) is 8.56. The van der Waals surface area contributed by atoms with Crippen molar-refractivity contribution in [2.45, 2.75) is 56.6 Å². The van der Waals surface area contributed by atoms with E-state index in [4.69, 9.17) is 10.7 Å². The van der Waals surface area contributed by atoms with Gasteiger partial charge in [0.15, 0.2) is 17.0 Å². The third-order valence-corrected chi connectivity index (χ3v) is 4.46. The summed E-state index contributed by atoms with van der Waals surface area (Å²) >= 11 is 0. The van der Waals surface area contributed by atoms with Gasteiger partial charge in [0, 0.05) is 12.1 Å². The third kappa shape index (κ3) is 1.95. The summed E-state index contributed by atoms with van der Waals surface area (Å²) in [7, 11) is 0. The van der Waals surface area contributed by atoms with E-state index in [1.165, 1.54) is 12.8 Å². The highest BCUT2D eigenvalue weighted by Crippen LogP contribution is 2.39. The van der Waals surface area contributed by atoms with E-state index in [0.717, 1.165) is 37.0 Å². The Balaban J connectivity index is 1.75. The summed E-state index contributed by atoms with van der Waals surface area (Å²) in [5, 5.41) is 14.1. The molecule has 0 amide bonds. The Morgan fingerprint density at radius 1 is 1.15 bits per heavy atom. The molecule has 0 atom stereocenters. The number of nitrogens with two attached hydrogens (primary N) is 1. The minimum Gasteiger partial charge on any atom is -0.393 e. The van der Waals surface area contributed by atoms with Crippen LogP contribution in [0.1, 0.15) is 56.2 Å². The van der Waals surface area contributed by atoms with Crippen LogP contribution in [0.15, 0.2) is 6.20 Å². The van der Waals surface area contributed by atoms with E-state index in [1.54, 1.807) is 0 Å². The smallest absolute Gasteiger partial charge is 0.179 e. The van der Waals surface area contributed by atoms with Gasteiger partial charge in [-0.15, -0.1) is 0 Å². The number of anilines is 1. The molecule has 6 heteroatoms. The van der Waals surface area contributed by atoms with E-state index in [9.17, 15) is 5.11 Å². The van der Waals surface area contributed by atoms with Gasteiger partial charge in [0.1, 0.15) is 0 Å². The Morgan fingerprint density at radius 3 is 2.60 bits per heavy atom. The van der Waals surface area contributed by atoms with Crippen LogP contribution in [0, 0.1) is 0 Å². The zero-order chi connectivity index (χ0) is 13.7. The average Bonchev–Trinajstić information content (AvgIpc) is 3.25. The summed E-state index contributed by atoms with van der Waals surface area (Å²) < 4.78 is 1.94. The Labute approximate surface area is 117 Å². The Kier molecular flexibility index (Phi) is 2.66. The van der Waals surface area contributed by atoms with Gasteiger partial charge in [0.05, 0.1) is 17.8 Å². The molecule has 2 heterocycles. The van der Waals surface area contributed by atoms with Crippen molar-refractivity contribution in [2.75, 3.05) is 5.73 Å². The first-order valence-corrected chi connectivity index (χ1v) is 7.41. The third-order valence-electron chi connectivity index (χ3n) is 4.46. The Hall–Kier alpha value is -1.69. The van der Waals surface area contributed by atoms with Gasteiger partial charge in [-0.1, -0.05) is 0 Å². The molecule has 0 unspecified atom stereocenters. The number of aromatic nitrogens is 4. The molecular weight excluding hydrogens is 254 g/mol. The molecule has 0 bridgehead atoms. The average molecular weight is 273 g/mol. The first-order valence-electron chi connectivity index (χ1n) is 7.41. The molecule has 0 aliphatic heterocycles. The highest BCUT2D eigenvalue weighted by atomic mass is 16.3.